The SMILES string of the molecule is COc1cc(F)c(C(=O)c2cc(N)ccc2Br)cc1OC. The number of ketones is 1. The number of methoxy groups -OCH3 is 2. The standard InChI is InChI=1S/C15H13BrFNO3/c1-20-13-6-10(12(17)7-14(13)21-2)15(19)9-5-8(18)3-4-11(9)16/h3-7H,18H2,1-2H3. The van der Waals surface area contributed by atoms with Crippen LogP contribution in [0.5, 0.6) is 11.5 Å². The maximum absolute atomic E-state index is 14.1. The van der Waals surface area contributed by atoms with Crippen molar-refractivity contribution in [3.05, 3.63) is 51.7 Å². The molecular weight excluding hydrogens is 341 g/mol. The van der Waals surface area contributed by atoms with Crippen molar-refractivity contribution < 1.29 is 18.7 Å². The van der Waals surface area contributed by atoms with Gasteiger partial charge in [-0.15, -0.1) is 0 Å². The molecule has 0 aliphatic carbocycles. The highest BCUT2D eigenvalue weighted by Crippen LogP contribution is 2.32. The van der Waals surface area contributed by atoms with E-state index in [9.17, 15) is 9.18 Å². The van der Waals surface area contributed by atoms with Crippen molar-refractivity contribution >= 4 is 27.4 Å². The van der Waals surface area contributed by atoms with Crippen LogP contribution in [-0.2, 0) is 0 Å². The molecule has 0 amide bonds. The molecule has 2 rings (SSSR count). The van der Waals surface area contributed by atoms with Crippen LogP contribution in [0.15, 0.2) is 34.8 Å². The smallest absolute Gasteiger partial charge is 0.197 e. The molecular formula is C15H13BrFNO3. The summed E-state index contributed by atoms with van der Waals surface area (Å²) in [4.78, 5) is 12.5. The van der Waals surface area contributed by atoms with Crippen LogP contribution in [-0.4, -0.2) is 20.0 Å². The van der Waals surface area contributed by atoms with E-state index in [-0.39, 0.29) is 22.6 Å². The van der Waals surface area contributed by atoms with E-state index in [0.717, 1.165) is 6.07 Å². The van der Waals surface area contributed by atoms with Gasteiger partial charge in [0.1, 0.15) is 5.82 Å². The molecule has 0 unspecified atom stereocenters. The molecule has 0 heterocycles. The lowest BCUT2D eigenvalue weighted by Crippen LogP contribution is -2.07. The van der Waals surface area contributed by atoms with Gasteiger partial charge in [-0.25, -0.2) is 4.39 Å². The third kappa shape index (κ3) is 3.00. The summed E-state index contributed by atoms with van der Waals surface area (Å²) in [6.45, 7) is 0. The first-order chi connectivity index (χ1) is 9.97. The Morgan fingerprint density at radius 3 is 2.33 bits per heavy atom. The highest BCUT2D eigenvalue weighted by Gasteiger charge is 2.20. The van der Waals surface area contributed by atoms with Crippen LogP contribution in [0.2, 0.25) is 0 Å². The van der Waals surface area contributed by atoms with Gasteiger partial charge in [-0.2, -0.15) is 0 Å². The van der Waals surface area contributed by atoms with Gasteiger partial charge in [-0.3, -0.25) is 4.79 Å². The Balaban J connectivity index is 2.55. The van der Waals surface area contributed by atoms with Gasteiger partial charge in [0.05, 0.1) is 19.8 Å². The molecule has 0 fully saturated rings. The minimum Gasteiger partial charge on any atom is -0.493 e. The molecule has 0 radical (unpaired) electrons. The molecule has 21 heavy (non-hydrogen) atoms. The monoisotopic (exact) mass is 353 g/mol. The van der Waals surface area contributed by atoms with Crippen molar-refractivity contribution in [3.63, 3.8) is 0 Å². The van der Waals surface area contributed by atoms with Crippen LogP contribution in [0.25, 0.3) is 0 Å². The van der Waals surface area contributed by atoms with Crippen LogP contribution < -0.4 is 15.2 Å². The fourth-order valence-electron chi connectivity index (χ4n) is 1.89. The fourth-order valence-corrected chi connectivity index (χ4v) is 2.32. The van der Waals surface area contributed by atoms with E-state index in [0.29, 0.717) is 10.2 Å². The zero-order valence-electron chi connectivity index (χ0n) is 11.4. The second-order valence-electron chi connectivity index (χ2n) is 4.26. The first-order valence-electron chi connectivity index (χ1n) is 5.99. The number of halogens is 2. The average molecular weight is 354 g/mol. The number of rotatable bonds is 4. The maximum atomic E-state index is 14.1. The average Bonchev–Trinajstić information content (AvgIpc) is 2.48. The van der Waals surface area contributed by atoms with E-state index >= 15 is 0 Å². The summed E-state index contributed by atoms with van der Waals surface area (Å²) < 4.78 is 24.7. The number of carbonyl (C=O) groups excluding carboxylic acids is 1. The number of carbonyl (C=O) groups is 1. The quantitative estimate of drug-likeness (QED) is 0.675. The highest BCUT2D eigenvalue weighted by atomic mass is 79.9. The second-order valence-corrected chi connectivity index (χ2v) is 5.11. The number of nitrogen functional groups attached to an aromatic ring is 1. The third-order valence-electron chi connectivity index (χ3n) is 2.95. The molecule has 2 aromatic rings. The molecule has 0 saturated carbocycles. The molecule has 0 atom stereocenters. The Labute approximate surface area is 129 Å². The van der Waals surface area contributed by atoms with E-state index in [1.807, 2.05) is 0 Å². The van der Waals surface area contributed by atoms with Crippen molar-refractivity contribution in [3.8, 4) is 11.5 Å². The number of anilines is 1. The van der Waals surface area contributed by atoms with Crippen LogP contribution in [0.3, 0.4) is 0 Å². The first kappa shape index (κ1) is 15.3. The van der Waals surface area contributed by atoms with Crippen molar-refractivity contribution in [1.82, 2.24) is 0 Å². The number of nitrogens with two attached hydrogens (primary N) is 1. The molecule has 0 spiro atoms. The van der Waals surface area contributed by atoms with Gasteiger partial charge in [0, 0.05) is 21.8 Å². The van der Waals surface area contributed by atoms with Gasteiger partial charge in [-0.1, -0.05) is 15.9 Å². The minimum atomic E-state index is -0.688. The van der Waals surface area contributed by atoms with Crippen molar-refractivity contribution in [2.24, 2.45) is 0 Å². The number of hydrogen-bond acceptors (Lipinski definition) is 4. The van der Waals surface area contributed by atoms with E-state index < -0.39 is 11.6 Å². The van der Waals surface area contributed by atoms with Gasteiger partial charge in [-0.05, 0) is 24.3 Å². The summed E-state index contributed by atoms with van der Waals surface area (Å²) in [5.41, 5.74) is 6.26. The molecule has 2 N–H and O–H groups in total. The lowest BCUT2D eigenvalue weighted by atomic mass is 10.0. The molecule has 0 aromatic heterocycles. The molecule has 0 bridgehead atoms. The first-order valence-corrected chi connectivity index (χ1v) is 6.78. The van der Waals surface area contributed by atoms with Gasteiger partial charge in [0.2, 0.25) is 0 Å². The Morgan fingerprint density at radius 2 is 1.71 bits per heavy atom. The Morgan fingerprint density at radius 1 is 1.10 bits per heavy atom. The fraction of sp³-hybridized carbons (Fsp3) is 0.133. The summed E-state index contributed by atoms with van der Waals surface area (Å²) in [7, 11) is 2.81. The van der Waals surface area contributed by atoms with E-state index in [1.165, 1.54) is 26.4 Å². The Hall–Kier alpha value is -2.08. The van der Waals surface area contributed by atoms with E-state index in [4.69, 9.17) is 15.2 Å². The lowest BCUT2D eigenvalue weighted by molar-refractivity contribution is 0.103. The Bertz CT molecular complexity index is 704. The highest BCUT2D eigenvalue weighted by molar-refractivity contribution is 9.10. The van der Waals surface area contributed by atoms with E-state index in [1.54, 1.807) is 12.1 Å². The van der Waals surface area contributed by atoms with Crippen LogP contribution in [0.4, 0.5) is 10.1 Å². The van der Waals surface area contributed by atoms with Crippen LogP contribution >= 0.6 is 15.9 Å². The van der Waals surface area contributed by atoms with E-state index in [2.05, 4.69) is 15.9 Å². The molecule has 2 aromatic carbocycles. The molecule has 6 heteroatoms. The molecule has 0 aliphatic rings. The van der Waals surface area contributed by atoms with Crippen molar-refractivity contribution in [1.29, 1.82) is 0 Å². The molecule has 110 valence electrons. The zero-order valence-corrected chi connectivity index (χ0v) is 13.0. The minimum absolute atomic E-state index is 0.112. The van der Waals surface area contributed by atoms with Crippen LogP contribution in [0.1, 0.15) is 15.9 Å². The predicted octanol–water partition coefficient (Wildman–Crippen LogP) is 3.42. The normalized spacial score (nSPS) is 10.3. The zero-order chi connectivity index (χ0) is 15.6. The number of ether oxygens (including phenoxy) is 2. The van der Waals surface area contributed by atoms with Gasteiger partial charge in [0.25, 0.3) is 0 Å². The molecule has 0 aliphatic heterocycles. The molecule has 4 nitrogen and oxygen atoms in total. The largest absolute Gasteiger partial charge is 0.493 e. The topological polar surface area (TPSA) is 61.5 Å². The summed E-state index contributed by atoms with van der Waals surface area (Å²) in [6, 6.07) is 7.20. The van der Waals surface area contributed by atoms with Gasteiger partial charge in [0.15, 0.2) is 17.3 Å². The lowest BCUT2D eigenvalue weighted by Gasteiger charge is -2.11. The maximum Gasteiger partial charge on any atom is 0.197 e. The number of benzene rings is 2. The summed E-state index contributed by atoms with van der Waals surface area (Å²) >= 11 is 3.26. The number of hydrogen-bond donors (Lipinski definition) is 1. The predicted molar refractivity (Wildman–Crippen MR) is 81.5 cm³/mol. The van der Waals surface area contributed by atoms with Gasteiger partial charge < -0.3 is 15.2 Å². The summed E-state index contributed by atoms with van der Waals surface area (Å²) in [5, 5.41) is 0. The van der Waals surface area contributed by atoms with Gasteiger partial charge >= 0.3 is 0 Å². The third-order valence-corrected chi connectivity index (χ3v) is 3.64. The molecule has 0 saturated heterocycles. The Kier molecular flexibility index (Phi) is 4.47. The summed E-state index contributed by atoms with van der Waals surface area (Å²) in [5.74, 6) is -0.680. The second kappa shape index (κ2) is 6.13. The summed E-state index contributed by atoms with van der Waals surface area (Å²) in [6.07, 6.45) is 0. The van der Waals surface area contributed by atoms with Crippen molar-refractivity contribution in [2.45, 2.75) is 0 Å². The van der Waals surface area contributed by atoms with Crippen LogP contribution in [0, 0.1) is 5.82 Å². The van der Waals surface area contributed by atoms with Crippen molar-refractivity contribution in [2.75, 3.05) is 20.0 Å².